The second-order valence-corrected chi connectivity index (χ2v) is 2.93. The fourth-order valence-corrected chi connectivity index (χ4v) is 1.12. The predicted octanol–water partition coefficient (Wildman–Crippen LogP) is 1.41. The molecule has 0 aliphatic carbocycles. The van der Waals surface area contributed by atoms with Crippen molar-refractivity contribution in [3.05, 3.63) is 37.9 Å². The number of non-ortho nitro benzene ring substituents is 1. The van der Waals surface area contributed by atoms with E-state index in [1.807, 2.05) is 0 Å². The first-order chi connectivity index (χ1) is 7.34. The topological polar surface area (TPSA) is 124 Å². The van der Waals surface area contributed by atoms with E-state index in [9.17, 15) is 30.1 Å². The van der Waals surface area contributed by atoms with E-state index >= 15 is 0 Å². The number of benzene rings is 1. The third-order valence-electron chi connectivity index (χ3n) is 1.86. The minimum Gasteiger partial charge on any atom is -0.502 e. The Morgan fingerprint density at radius 1 is 1.25 bits per heavy atom. The van der Waals surface area contributed by atoms with Crippen molar-refractivity contribution in [3.63, 3.8) is 0 Å². The van der Waals surface area contributed by atoms with Crippen LogP contribution in [0.15, 0.2) is 12.1 Å². The van der Waals surface area contributed by atoms with E-state index in [-0.39, 0.29) is 0 Å². The van der Waals surface area contributed by atoms with Crippen molar-refractivity contribution >= 4 is 17.2 Å². The van der Waals surface area contributed by atoms with Crippen LogP contribution in [0.4, 0.5) is 11.4 Å². The van der Waals surface area contributed by atoms with Gasteiger partial charge in [-0.3, -0.25) is 25.0 Å². The van der Waals surface area contributed by atoms with Gasteiger partial charge >= 0.3 is 5.69 Å². The number of carbonyl (C=O) groups is 1. The molecule has 8 nitrogen and oxygen atoms in total. The number of phenols is 1. The van der Waals surface area contributed by atoms with Gasteiger partial charge in [-0.1, -0.05) is 0 Å². The molecule has 0 atom stereocenters. The van der Waals surface area contributed by atoms with Gasteiger partial charge in [0.1, 0.15) is 0 Å². The van der Waals surface area contributed by atoms with Crippen molar-refractivity contribution in [3.8, 4) is 5.75 Å². The molecule has 0 saturated heterocycles. The van der Waals surface area contributed by atoms with Gasteiger partial charge in [0.2, 0.25) is 5.75 Å². The zero-order valence-electron chi connectivity index (χ0n) is 8.04. The average molecular weight is 226 g/mol. The Labute approximate surface area is 88.4 Å². The molecule has 0 heterocycles. The van der Waals surface area contributed by atoms with E-state index in [1.165, 1.54) is 0 Å². The van der Waals surface area contributed by atoms with Gasteiger partial charge in [-0.15, -0.1) is 0 Å². The van der Waals surface area contributed by atoms with Crippen molar-refractivity contribution in [1.29, 1.82) is 0 Å². The van der Waals surface area contributed by atoms with Gasteiger partial charge in [-0.25, -0.2) is 0 Å². The van der Waals surface area contributed by atoms with Crippen LogP contribution < -0.4 is 0 Å². The van der Waals surface area contributed by atoms with E-state index < -0.39 is 38.3 Å². The Hall–Kier alpha value is -2.51. The Kier molecular flexibility index (Phi) is 2.84. The summed E-state index contributed by atoms with van der Waals surface area (Å²) in [6.07, 6.45) is 0. The van der Waals surface area contributed by atoms with Gasteiger partial charge in [0.25, 0.3) is 5.69 Å². The van der Waals surface area contributed by atoms with E-state index in [0.717, 1.165) is 13.0 Å². The van der Waals surface area contributed by atoms with Gasteiger partial charge in [-0.05, 0) is 6.92 Å². The zero-order chi connectivity index (χ0) is 12.5. The lowest BCUT2D eigenvalue weighted by atomic mass is 10.1. The van der Waals surface area contributed by atoms with Crippen LogP contribution in [0.25, 0.3) is 0 Å². The fraction of sp³-hybridized carbons (Fsp3) is 0.125. The first kappa shape index (κ1) is 11.6. The molecule has 0 unspecified atom stereocenters. The first-order valence-electron chi connectivity index (χ1n) is 4.01. The molecule has 1 rings (SSSR count). The third kappa shape index (κ3) is 1.95. The summed E-state index contributed by atoms with van der Waals surface area (Å²) in [5, 5.41) is 30.3. The molecule has 0 spiro atoms. The smallest absolute Gasteiger partial charge is 0.318 e. The maximum atomic E-state index is 11.0. The maximum Gasteiger partial charge on any atom is 0.318 e. The Bertz CT molecular complexity index is 460. The van der Waals surface area contributed by atoms with Crippen LogP contribution in [0.2, 0.25) is 0 Å². The van der Waals surface area contributed by atoms with E-state index in [2.05, 4.69) is 0 Å². The van der Waals surface area contributed by atoms with Crippen molar-refractivity contribution in [2.45, 2.75) is 6.92 Å². The van der Waals surface area contributed by atoms with Crippen LogP contribution in [0.5, 0.6) is 5.75 Å². The highest BCUT2D eigenvalue weighted by Crippen LogP contribution is 2.34. The quantitative estimate of drug-likeness (QED) is 0.472. The summed E-state index contributed by atoms with van der Waals surface area (Å²) >= 11 is 0. The standard InChI is InChI=1S/C8H6N2O6/c1-4(11)6-2-5(9(13)14)3-7(8(6)12)10(15)16/h2-3,12H,1H3. The molecular weight excluding hydrogens is 220 g/mol. The van der Waals surface area contributed by atoms with Crippen molar-refractivity contribution < 1.29 is 19.7 Å². The lowest BCUT2D eigenvalue weighted by Gasteiger charge is -2.01. The van der Waals surface area contributed by atoms with E-state index in [1.54, 1.807) is 0 Å². The Morgan fingerprint density at radius 2 is 1.81 bits per heavy atom. The summed E-state index contributed by atoms with van der Waals surface area (Å²) < 4.78 is 0. The number of nitro benzene ring substituents is 2. The minimum atomic E-state index is -0.991. The summed E-state index contributed by atoms with van der Waals surface area (Å²) in [7, 11) is 0. The largest absolute Gasteiger partial charge is 0.502 e. The number of Topliss-reactive ketones (excluding diaryl/α,β-unsaturated/α-hetero) is 1. The summed E-state index contributed by atoms with van der Waals surface area (Å²) in [6.45, 7) is 1.04. The van der Waals surface area contributed by atoms with Gasteiger partial charge in [0, 0.05) is 6.07 Å². The molecule has 0 aliphatic heterocycles. The minimum absolute atomic E-state index is 0.444. The van der Waals surface area contributed by atoms with Crippen LogP contribution in [0.3, 0.4) is 0 Å². The molecule has 1 aromatic carbocycles. The Balaban J connectivity index is 3.57. The highest BCUT2D eigenvalue weighted by molar-refractivity contribution is 5.98. The molecule has 0 aromatic heterocycles. The highest BCUT2D eigenvalue weighted by atomic mass is 16.6. The van der Waals surface area contributed by atoms with Crippen LogP contribution in [-0.2, 0) is 0 Å². The van der Waals surface area contributed by atoms with Gasteiger partial charge < -0.3 is 5.11 Å². The van der Waals surface area contributed by atoms with Crippen LogP contribution >= 0.6 is 0 Å². The molecule has 1 aromatic rings. The summed E-state index contributed by atoms with van der Waals surface area (Å²) in [4.78, 5) is 30.1. The average Bonchev–Trinajstić information content (AvgIpc) is 2.16. The summed E-state index contributed by atoms with van der Waals surface area (Å²) in [6, 6.07) is 1.40. The second-order valence-electron chi connectivity index (χ2n) is 2.93. The van der Waals surface area contributed by atoms with E-state index in [4.69, 9.17) is 0 Å². The molecule has 0 radical (unpaired) electrons. The fourth-order valence-electron chi connectivity index (χ4n) is 1.12. The highest BCUT2D eigenvalue weighted by Gasteiger charge is 2.25. The molecule has 0 aliphatic rings. The van der Waals surface area contributed by atoms with Crippen molar-refractivity contribution in [1.82, 2.24) is 0 Å². The zero-order valence-corrected chi connectivity index (χ0v) is 8.04. The number of rotatable bonds is 3. The molecule has 1 N–H and O–H groups in total. The number of carbonyl (C=O) groups excluding carboxylic acids is 1. The van der Waals surface area contributed by atoms with E-state index in [0.29, 0.717) is 6.07 Å². The monoisotopic (exact) mass is 226 g/mol. The summed E-state index contributed by atoms with van der Waals surface area (Å²) in [5.41, 5.74) is -1.92. The van der Waals surface area contributed by atoms with Crippen LogP contribution in [0.1, 0.15) is 17.3 Å². The molecule has 84 valence electrons. The first-order valence-corrected chi connectivity index (χ1v) is 4.01. The molecular formula is C8H6N2O6. The van der Waals surface area contributed by atoms with Gasteiger partial charge in [0.15, 0.2) is 5.78 Å². The van der Waals surface area contributed by atoms with Gasteiger partial charge in [0.05, 0.1) is 21.5 Å². The molecule has 8 heteroatoms. The number of ketones is 1. The van der Waals surface area contributed by atoms with Crippen molar-refractivity contribution in [2.75, 3.05) is 0 Å². The number of nitro groups is 2. The molecule has 16 heavy (non-hydrogen) atoms. The summed E-state index contributed by atoms with van der Waals surface area (Å²) in [5.74, 6) is -1.55. The Morgan fingerprint density at radius 3 is 2.19 bits per heavy atom. The lowest BCUT2D eigenvalue weighted by molar-refractivity contribution is -0.394. The van der Waals surface area contributed by atoms with Gasteiger partial charge in [-0.2, -0.15) is 0 Å². The predicted molar refractivity (Wildman–Crippen MR) is 51.4 cm³/mol. The number of aromatic hydroxyl groups is 1. The number of hydrogen-bond acceptors (Lipinski definition) is 6. The molecule has 0 amide bonds. The third-order valence-corrected chi connectivity index (χ3v) is 1.86. The van der Waals surface area contributed by atoms with Crippen LogP contribution in [-0.4, -0.2) is 20.7 Å². The maximum absolute atomic E-state index is 11.0. The number of phenolic OH excluding ortho intramolecular Hbond substituents is 1. The SMILES string of the molecule is CC(=O)c1cc([N+](=O)[O-])cc([N+](=O)[O-])c1O. The lowest BCUT2D eigenvalue weighted by Crippen LogP contribution is -2.00. The molecule has 0 fully saturated rings. The molecule has 0 saturated carbocycles. The van der Waals surface area contributed by atoms with Crippen molar-refractivity contribution in [2.24, 2.45) is 0 Å². The normalized spacial score (nSPS) is 9.81. The second kappa shape index (κ2) is 3.93. The molecule has 0 bridgehead atoms. The van der Waals surface area contributed by atoms with Crippen LogP contribution in [0, 0.1) is 20.2 Å². The number of hydrogen-bond donors (Lipinski definition) is 1. The number of nitrogens with zero attached hydrogens (tertiary/aromatic N) is 2.